The van der Waals surface area contributed by atoms with Crippen LogP contribution in [0.2, 0.25) is 0 Å². The van der Waals surface area contributed by atoms with Crippen LogP contribution in [0, 0.1) is 5.92 Å². The summed E-state index contributed by atoms with van der Waals surface area (Å²) in [5.41, 5.74) is 0.372. The van der Waals surface area contributed by atoms with Gasteiger partial charge in [0.1, 0.15) is 0 Å². The smallest absolute Gasteiger partial charge is 0.462 e. The normalized spacial score (nSPS) is 17.5. The molecule has 0 bridgehead atoms. The van der Waals surface area contributed by atoms with Gasteiger partial charge in [0.15, 0.2) is 0 Å². The Hall–Kier alpha value is -2.58. The molecule has 2 rings (SSSR count). The second kappa shape index (κ2) is 8.20. The van der Waals surface area contributed by atoms with E-state index >= 15 is 0 Å². The summed E-state index contributed by atoms with van der Waals surface area (Å²) in [6.07, 6.45) is -4.32. The topological polar surface area (TPSA) is 75.7 Å². The minimum Gasteiger partial charge on any atom is -0.462 e. The lowest BCUT2D eigenvalue weighted by Gasteiger charge is -2.32. The van der Waals surface area contributed by atoms with Crippen LogP contribution in [0.1, 0.15) is 30.1 Å². The number of amides is 2. The van der Waals surface area contributed by atoms with Gasteiger partial charge in [-0.05, 0) is 31.9 Å². The molecular formula is C17H19F3N2O4. The van der Waals surface area contributed by atoms with Crippen molar-refractivity contribution in [3.8, 4) is 0 Å². The minimum atomic E-state index is -4.96. The Morgan fingerprint density at radius 3 is 2.62 bits per heavy atom. The lowest BCUT2D eigenvalue weighted by Crippen LogP contribution is -2.48. The number of para-hydroxylation sites is 1. The van der Waals surface area contributed by atoms with E-state index < -0.39 is 29.9 Å². The second-order valence-electron chi connectivity index (χ2n) is 5.84. The molecule has 6 nitrogen and oxygen atoms in total. The van der Waals surface area contributed by atoms with Gasteiger partial charge in [-0.2, -0.15) is 13.2 Å². The van der Waals surface area contributed by atoms with Crippen molar-refractivity contribution in [1.29, 1.82) is 0 Å². The van der Waals surface area contributed by atoms with Gasteiger partial charge in [-0.25, -0.2) is 4.79 Å². The summed E-state index contributed by atoms with van der Waals surface area (Å²) < 4.78 is 42.7. The highest BCUT2D eigenvalue weighted by Crippen LogP contribution is 2.25. The van der Waals surface area contributed by atoms with Crippen LogP contribution < -0.4 is 5.32 Å². The lowest BCUT2D eigenvalue weighted by molar-refractivity contribution is -0.187. The minimum absolute atomic E-state index is 0.0401. The van der Waals surface area contributed by atoms with Gasteiger partial charge in [-0.15, -0.1) is 0 Å². The van der Waals surface area contributed by atoms with Crippen LogP contribution in [0.4, 0.5) is 18.9 Å². The molecule has 1 unspecified atom stereocenters. The molecule has 9 heteroatoms. The van der Waals surface area contributed by atoms with Crippen molar-refractivity contribution in [3.05, 3.63) is 29.8 Å². The van der Waals surface area contributed by atoms with Crippen LogP contribution >= 0.6 is 0 Å². The Balaban J connectivity index is 2.08. The van der Waals surface area contributed by atoms with Crippen molar-refractivity contribution < 1.29 is 32.3 Å². The molecule has 0 spiro atoms. The number of benzene rings is 1. The molecule has 1 N–H and O–H groups in total. The number of piperidine rings is 1. The fraction of sp³-hybridized carbons (Fsp3) is 0.471. The van der Waals surface area contributed by atoms with Gasteiger partial charge in [-0.1, -0.05) is 12.1 Å². The summed E-state index contributed by atoms with van der Waals surface area (Å²) in [6.45, 7) is 1.46. The van der Waals surface area contributed by atoms with Gasteiger partial charge in [0.25, 0.3) is 0 Å². The number of esters is 1. The van der Waals surface area contributed by atoms with E-state index in [2.05, 4.69) is 5.32 Å². The number of ether oxygens (including phenoxy) is 1. The third-order valence-corrected chi connectivity index (χ3v) is 4.00. The summed E-state index contributed by atoms with van der Waals surface area (Å²) in [6, 6.07) is 6.20. The number of hydrogen-bond donors (Lipinski definition) is 1. The molecule has 1 heterocycles. The molecule has 1 fully saturated rings. The monoisotopic (exact) mass is 372 g/mol. The van der Waals surface area contributed by atoms with E-state index in [0.29, 0.717) is 17.7 Å². The third kappa shape index (κ3) is 4.74. The number of carbonyl (C=O) groups excluding carboxylic acids is 3. The maximum atomic E-state index is 12.6. The average molecular weight is 372 g/mol. The number of halogens is 3. The number of hydrogen-bond acceptors (Lipinski definition) is 4. The van der Waals surface area contributed by atoms with E-state index in [1.54, 1.807) is 19.1 Å². The highest BCUT2D eigenvalue weighted by molar-refractivity contribution is 6.02. The molecule has 1 aliphatic heterocycles. The predicted octanol–water partition coefficient (Wildman–Crippen LogP) is 2.60. The van der Waals surface area contributed by atoms with Crippen molar-refractivity contribution in [2.75, 3.05) is 25.0 Å². The number of nitrogens with one attached hydrogen (secondary N) is 1. The number of carbonyl (C=O) groups is 3. The Labute approximate surface area is 148 Å². The van der Waals surface area contributed by atoms with Crippen molar-refractivity contribution in [1.82, 2.24) is 4.90 Å². The van der Waals surface area contributed by atoms with Gasteiger partial charge in [0.2, 0.25) is 5.91 Å². The highest BCUT2D eigenvalue weighted by Gasteiger charge is 2.44. The maximum absolute atomic E-state index is 12.6. The van der Waals surface area contributed by atoms with Crippen molar-refractivity contribution >= 4 is 23.5 Å². The molecule has 0 aromatic heterocycles. The molecule has 0 saturated carbocycles. The number of rotatable bonds is 4. The Bertz CT molecular complexity index is 691. The first kappa shape index (κ1) is 19.7. The molecule has 0 aliphatic carbocycles. The van der Waals surface area contributed by atoms with Gasteiger partial charge in [-0.3, -0.25) is 9.59 Å². The quantitative estimate of drug-likeness (QED) is 0.825. The summed E-state index contributed by atoms with van der Waals surface area (Å²) in [7, 11) is 0. The SMILES string of the molecule is CCOC(=O)c1ccccc1NC(=O)C1CCCN(C(=O)C(F)(F)F)C1. The molecule has 1 atom stereocenters. The Morgan fingerprint density at radius 1 is 1.27 bits per heavy atom. The first-order valence-electron chi connectivity index (χ1n) is 8.17. The van der Waals surface area contributed by atoms with E-state index in [4.69, 9.17) is 4.74 Å². The largest absolute Gasteiger partial charge is 0.471 e. The zero-order chi connectivity index (χ0) is 19.3. The van der Waals surface area contributed by atoms with Crippen molar-refractivity contribution in [2.24, 2.45) is 5.92 Å². The van der Waals surface area contributed by atoms with Crippen molar-refractivity contribution in [2.45, 2.75) is 25.9 Å². The number of alkyl halides is 3. The standard InChI is InChI=1S/C17H19F3N2O4/c1-2-26-15(24)12-7-3-4-8-13(12)21-14(23)11-6-5-9-22(10-11)16(25)17(18,19)20/h3-4,7-8,11H,2,5-6,9-10H2,1H3,(H,21,23). The van der Waals surface area contributed by atoms with Crippen LogP contribution in [0.5, 0.6) is 0 Å². The predicted molar refractivity (Wildman–Crippen MR) is 86.4 cm³/mol. The van der Waals surface area contributed by atoms with Gasteiger partial charge >= 0.3 is 18.1 Å². The third-order valence-electron chi connectivity index (χ3n) is 4.00. The van der Waals surface area contributed by atoms with Crippen LogP contribution in [0.15, 0.2) is 24.3 Å². The van der Waals surface area contributed by atoms with Crippen LogP contribution in [-0.4, -0.2) is 48.6 Å². The molecule has 1 aromatic carbocycles. The lowest BCUT2D eigenvalue weighted by atomic mass is 9.96. The molecule has 1 saturated heterocycles. The van der Waals surface area contributed by atoms with E-state index in [1.807, 2.05) is 0 Å². The summed E-state index contributed by atoms with van der Waals surface area (Å²) in [5.74, 6) is -3.88. The molecule has 0 radical (unpaired) electrons. The van der Waals surface area contributed by atoms with Crippen LogP contribution in [-0.2, 0) is 14.3 Å². The fourth-order valence-corrected chi connectivity index (χ4v) is 2.77. The zero-order valence-corrected chi connectivity index (χ0v) is 14.1. The van der Waals surface area contributed by atoms with E-state index in [9.17, 15) is 27.6 Å². The van der Waals surface area contributed by atoms with Crippen LogP contribution in [0.3, 0.4) is 0 Å². The summed E-state index contributed by atoms with van der Waals surface area (Å²) in [4.78, 5) is 36.4. The highest BCUT2D eigenvalue weighted by atomic mass is 19.4. The zero-order valence-electron chi connectivity index (χ0n) is 14.1. The average Bonchev–Trinajstić information content (AvgIpc) is 2.61. The number of likely N-dealkylation sites (tertiary alicyclic amines) is 1. The molecular weight excluding hydrogens is 353 g/mol. The molecule has 1 aliphatic rings. The van der Waals surface area contributed by atoms with Gasteiger partial charge in [0, 0.05) is 13.1 Å². The second-order valence-corrected chi connectivity index (χ2v) is 5.84. The summed E-state index contributed by atoms with van der Waals surface area (Å²) in [5, 5.41) is 2.56. The van der Waals surface area contributed by atoms with Gasteiger partial charge in [0.05, 0.1) is 23.8 Å². The fourth-order valence-electron chi connectivity index (χ4n) is 2.77. The molecule has 142 valence electrons. The molecule has 2 amide bonds. The van der Waals surface area contributed by atoms with Crippen molar-refractivity contribution in [3.63, 3.8) is 0 Å². The van der Waals surface area contributed by atoms with E-state index in [1.165, 1.54) is 12.1 Å². The van der Waals surface area contributed by atoms with E-state index in [0.717, 1.165) is 0 Å². The first-order chi connectivity index (χ1) is 12.2. The number of anilines is 1. The Kier molecular flexibility index (Phi) is 6.23. The Morgan fingerprint density at radius 2 is 1.96 bits per heavy atom. The molecule has 26 heavy (non-hydrogen) atoms. The van der Waals surface area contributed by atoms with E-state index in [-0.39, 0.29) is 30.9 Å². The number of nitrogens with zero attached hydrogens (tertiary/aromatic N) is 1. The maximum Gasteiger partial charge on any atom is 0.471 e. The molecule has 1 aromatic rings. The first-order valence-corrected chi connectivity index (χ1v) is 8.17. The van der Waals surface area contributed by atoms with Gasteiger partial charge < -0.3 is 15.0 Å². The van der Waals surface area contributed by atoms with Crippen LogP contribution in [0.25, 0.3) is 0 Å². The summed E-state index contributed by atoms with van der Waals surface area (Å²) >= 11 is 0.